The predicted molar refractivity (Wildman–Crippen MR) is 89.1 cm³/mol. The van der Waals surface area contributed by atoms with E-state index in [9.17, 15) is 4.79 Å². The van der Waals surface area contributed by atoms with Crippen LogP contribution in [0.4, 0.5) is 0 Å². The first-order valence-electron chi connectivity index (χ1n) is 7.57. The third-order valence-electron chi connectivity index (χ3n) is 3.51. The van der Waals surface area contributed by atoms with E-state index >= 15 is 0 Å². The molecule has 0 amide bonds. The van der Waals surface area contributed by atoms with Crippen LogP contribution in [0.5, 0.6) is 0 Å². The van der Waals surface area contributed by atoms with E-state index in [0.29, 0.717) is 0 Å². The number of benzene rings is 1. The Labute approximate surface area is 160 Å². The van der Waals surface area contributed by atoms with Gasteiger partial charge in [0, 0.05) is 16.2 Å². The van der Waals surface area contributed by atoms with Crippen molar-refractivity contribution in [3.63, 3.8) is 0 Å². The van der Waals surface area contributed by atoms with Gasteiger partial charge in [-0.1, -0.05) is 30.3 Å². The van der Waals surface area contributed by atoms with Crippen LogP contribution in [0.3, 0.4) is 0 Å². The van der Waals surface area contributed by atoms with Crippen molar-refractivity contribution >= 4 is 17.3 Å². The van der Waals surface area contributed by atoms with Gasteiger partial charge >= 0.3 is 35.5 Å². The van der Waals surface area contributed by atoms with E-state index in [0.717, 1.165) is 32.1 Å². The Bertz CT molecular complexity index is 557. The molecule has 0 aliphatic rings. The van der Waals surface area contributed by atoms with Crippen molar-refractivity contribution in [3.8, 4) is 0 Å². The van der Waals surface area contributed by atoms with Crippen molar-refractivity contribution in [2.24, 2.45) is 0 Å². The summed E-state index contributed by atoms with van der Waals surface area (Å²) in [6.07, 6.45) is 6.49. The molecular formula is C18H23NaO2S. The maximum atomic E-state index is 10.5. The summed E-state index contributed by atoms with van der Waals surface area (Å²) in [4.78, 5) is 13.3. The third-order valence-corrected chi connectivity index (χ3v) is 4.72. The number of unbranched alkanes of at least 4 members (excludes halogenated alkanes) is 1. The van der Waals surface area contributed by atoms with Crippen molar-refractivity contribution < 1.29 is 40.9 Å². The Hall–Kier alpha value is -0.610. The van der Waals surface area contributed by atoms with Gasteiger partial charge in [-0.15, -0.1) is 11.3 Å². The molecule has 0 saturated carbocycles. The zero-order chi connectivity index (χ0) is 14.9. The number of carbonyl (C=O) groups is 1. The first kappa shape index (κ1) is 19.4. The summed E-state index contributed by atoms with van der Waals surface area (Å²) in [5.74, 6) is -0.692. The molecule has 4 heteroatoms. The zero-order valence-electron chi connectivity index (χ0n) is 14.3. The predicted octanol–water partition coefficient (Wildman–Crippen LogP) is 1.84. The number of carboxylic acids is 1. The van der Waals surface area contributed by atoms with Crippen molar-refractivity contribution in [2.45, 2.75) is 44.9 Å². The minimum atomic E-state index is -0.692. The van der Waals surface area contributed by atoms with Crippen molar-refractivity contribution in [1.29, 1.82) is 0 Å². The van der Waals surface area contributed by atoms with Crippen LogP contribution in [0.1, 0.15) is 42.4 Å². The number of aliphatic carboxylic acids is 1. The maximum Gasteiger partial charge on any atom is 1.00 e. The molecule has 0 aliphatic carbocycles. The van der Waals surface area contributed by atoms with Gasteiger partial charge in [-0.25, -0.2) is 0 Å². The van der Waals surface area contributed by atoms with Crippen molar-refractivity contribution in [1.82, 2.24) is 0 Å². The molecule has 2 nitrogen and oxygen atoms in total. The molecule has 0 fully saturated rings. The second-order valence-corrected chi connectivity index (χ2v) is 6.56. The maximum absolute atomic E-state index is 10.5. The molecule has 114 valence electrons. The molecular weight excluding hydrogens is 303 g/mol. The Morgan fingerprint density at radius 1 is 0.909 bits per heavy atom. The fourth-order valence-corrected chi connectivity index (χ4v) is 3.48. The first-order chi connectivity index (χ1) is 10.2. The summed E-state index contributed by atoms with van der Waals surface area (Å²) < 4.78 is 0. The molecule has 0 aliphatic heterocycles. The van der Waals surface area contributed by atoms with Gasteiger partial charge in [0.15, 0.2) is 0 Å². The molecule has 22 heavy (non-hydrogen) atoms. The minimum absolute atomic E-state index is 0. The van der Waals surface area contributed by atoms with E-state index in [2.05, 4.69) is 42.5 Å². The summed E-state index contributed by atoms with van der Waals surface area (Å²) in [6.45, 7) is 0. The van der Waals surface area contributed by atoms with Crippen LogP contribution in [-0.2, 0) is 24.1 Å². The topological polar surface area (TPSA) is 37.3 Å². The largest absolute Gasteiger partial charge is 1.00 e. The molecule has 0 atom stereocenters. The SMILES string of the molecule is O=C(O)CCCCc1ccc(CCCc2ccccc2)s1.[H-].[Na+]. The van der Waals surface area contributed by atoms with Crippen LogP contribution in [0.15, 0.2) is 42.5 Å². The van der Waals surface area contributed by atoms with E-state index in [1.165, 1.54) is 21.7 Å². The van der Waals surface area contributed by atoms with Gasteiger partial charge in [0.05, 0.1) is 0 Å². The molecule has 0 spiro atoms. The van der Waals surface area contributed by atoms with Gasteiger partial charge in [0.2, 0.25) is 0 Å². The summed E-state index contributed by atoms with van der Waals surface area (Å²) in [5, 5.41) is 8.61. The fraction of sp³-hybridized carbons (Fsp3) is 0.389. The number of rotatable bonds is 9. The van der Waals surface area contributed by atoms with Crippen molar-refractivity contribution in [3.05, 3.63) is 57.8 Å². The molecule has 2 aromatic rings. The Kier molecular flexibility index (Phi) is 9.73. The van der Waals surface area contributed by atoms with Gasteiger partial charge in [-0.05, 0) is 56.2 Å². The Balaban J connectivity index is 0.00000242. The van der Waals surface area contributed by atoms with E-state index in [1.54, 1.807) is 0 Å². The standard InChI is InChI=1S/C18H22O2S.Na.H/c19-18(20)12-5-4-10-16-13-14-17(21-16)11-6-9-15-7-2-1-3-8-15;;/h1-3,7-8,13-14H,4-6,9-12H2,(H,19,20);;/q;+1;-1. The normalized spacial score (nSPS) is 10.2. The minimum Gasteiger partial charge on any atom is -1.00 e. The van der Waals surface area contributed by atoms with Gasteiger partial charge in [-0.3, -0.25) is 4.79 Å². The van der Waals surface area contributed by atoms with Crippen LogP contribution in [-0.4, -0.2) is 11.1 Å². The van der Waals surface area contributed by atoms with Gasteiger partial charge < -0.3 is 6.53 Å². The summed E-state index contributed by atoms with van der Waals surface area (Å²) in [6, 6.07) is 15.0. The zero-order valence-corrected chi connectivity index (χ0v) is 16.1. The van der Waals surface area contributed by atoms with Gasteiger partial charge in [-0.2, -0.15) is 0 Å². The molecule has 2 rings (SSSR count). The first-order valence-corrected chi connectivity index (χ1v) is 8.39. The van der Waals surface area contributed by atoms with Crippen LogP contribution >= 0.6 is 11.3 Å². The van der Waals surface area contributed by atoms with E-state index < -0.39 is 5.97 Å². The number of hydrogen-bond donors (Lipinski definition) is 1. The molecule has 0 bridgehead atoms. The van der Waals surface area contributed by atoms with E-state index in [4.69, 9.17) is 5.11 Å². The second-order valence-electron chi connectivity index (χ2n) is 5.31. The van der Waals surface area contributed by atoms with Crippen LogP contribution in [0.25, 0.3) is 0 Å². The van der Waals surface area contributed by atoms with Gasteiger partial charge in [0.25, 0.3) is 0 Å². The number of carboxylic acid groups (broad SMARTS) is 1. The molecule has 0 saturated heterocycles. The van der Waals surface area contributed by atoms with E-state index in [1.807, 2.05) is 11.3 Å². The average Bonchev–Trinajstić information content (AvgIpc) is 2.92. The number of aryl methyl sites for hydroxylation is 3. The Morgan fingerprint density at radius 3 is 2.18 bits per heavy atom. The van der Waals surface area contributed by atoms with E-state index in [-0.39, 0.29) is 37.4 Å². The molecule has 1 N–H and O–H groups in total. The molecule has 1 aromatic heterocycles. The van der Waals surface area contributed by atoms with Crippen LogP contribution in [0, 0.1) is 0 Å². The molecule has 0 unspecified atom stereocenters. The quantitative estimate of drug-likeness (QED) is 0.564. The van der Waals surface area contributed by atoms with Crippen LogP contribution in [0.2, 0.25) is 0 Å². The monoisotopic (exact) mass is 326 g/mol. The van der Waals surface area contributed by atoms with Crippen molar-refractivity contribution in [2.75, 3.05) is 0 Å². The fourth-order valence-electron chi connectivity index (χ4n) is 2.38. The summed E-state index contributed by atoms with van der Waals surface area (Å²) in [7, 11) is 0. The third kappa shape index (κ3) is 7.59. The van der Waals surface area contributed by atoms with Crippen LogP contribution < -0.4 is 29.6 Å². The Morgan fingerprint density at radius 2 is 1.55 bits per heavy atom. The van der Waals surface area contributed by atoms with Gasteiger partial charge in [0.1, 0.15) is 0 Å². The number of hydrogen-bond acceptors (Lipinski definition) is 2. The smallest absolute Gasteiger partial charge is 1.00 e. The summed E-state index contributed by atoms with van der Waals surface area (Å²) >= 11 is 1.88. The molecule has 0 radical (unpaired) electrons. The average molecular weight is 326 g/mol. The molecule has 1 aromatic carbocycles. The summed E-state index contributed by atoms with van der Waals surface area (Å²) in [5.41, 5.74) is 1.41. The molecule has 1 heterocycles. The number of thiophene rings is 1. The second kappa shape index (κ2) is 11.0.